The van der Waals surface area contributed by atoms with Crippen LogP contribution in [0.4, 0.5) is 0 Å². The van der Waals surface area contributed by atoms with E-state index in [1.807, 2.05) is 38.1 Å². The Bertz CT molecular complexity index is 1160. The maximum absolute atomic E-state index is 12.4. The monoisotopic (exact) mass is 403 g/mol. The van der Waals surface area contributed by atoms with Crippen molar-refractivity contribution in [1.82, 2.24) is 14.8 Å². The molecule has 0 amide bonds. The number of nitrogens with one attached hydrogen (secondary N) is 1. The van der Waals surface area contributed by atoms with Crippen molar-refractivity contribution in [1.29, 1.82) is 0 Å². The van der Waals surface area contributed by atoms with Crippen LogP contribution < -0.4 is 10.2 Å². The van der Waals surface area contributed by atoms with Crippen LogP contribution in [0.3, 0.4) is 0 Å². The molecule has 0 fully saturated rings. The highest BCUT2D eigenvalue weighted by molar-refractivity contribution is 7.46. The summed E-state index contributed by atoms with van der Waals surface area (Å²) < 4.78 is 16.7. The number of benzene rings is 2. The number of aromatic amines is 1. The summed E-state index contributed by atoms with van der Waals surface area (Å²) in [4.78, 5) is 30.1. The average Bonchev–Trinajstić information content (AvgIpc) is 2.97. The number of rotatable bonds is 5. The smallest absolute Gasteiger partial charge is 0.507 e. The fraction of sp³-hybridized carbons (Fsp3) is 0.111. The topological polar surface area (TPSA) is 138 Å². The van der Waals surface area contributed by atoms with Gasteiger partial charge in [0.2, 0.25) is 0 Å². The number of phosphoric acid groups is 1. The number of hydrogen-bond acceptors (Lipinski definition) is 5. The van der Waals surface area contributed by atoms with Gasteiger partial charge in [-0.25, -0.2) is 19.0 Å². The molecule has 2 aromatic carbocycles. The molecule has 28 heavy (non-hydrogen) atoms. The van der Waals surface area contributed by atoms with E-state index in [0.717, 1.165) is 17.2 Å². The lowest BCUT2D eigenvalue weighted by Crippen LogP contribution is -2.16. The highest BCUT2D eigenvalue weighted by Crippen LogP contribution is 2.40. The van der Waals surface area contributed by atoms with E-state index in [1.165, 1.54) is 16.7 Å². The quantitative estimate of drug-likeness (QED) is 0.481. The number of H-pyrrole nitrogens is 1. The number of aromatic nitrogens is 3. The molecule has 3 aromatic rings. The van der Waals surface area contributed by atoms with Crippen LogP contribution >= 0.6 is 7.82 Å². The molecule has 4 N–H and O–H groups in total. The van der Waals surface area contributed by atoms with Crippen LogP contribution in [0, 0.1) is 6.92 Å². The van der Waals surface area contributed by atoms with Gasteiger partial charge in [0.25, 0.3) is 0 Å². The molecule has 3 rings (SSSR count). The van der Waals surface area contributed by atoms with Crippen LogP contribution in [-0.4, -0.2) is 29.7 Å². The first-order chi connectivity index (χ1) is 13.2. The molecule has 0 aliphatic carbocycles. The molecule has 9 nitrogen and oxygen atoms in total. The fourth-order valence-electron chi connectivity index (χ4n) is 2.74. The van der Waals surface area contributed by atoms with Crippen LogP contribution in [0.5, 0.6) is 11.5 Å². The third kappa shape index (κ3) is 4.07. The van der Waals surface area contributed by atoms with Crippen molar-refractivity contribution in [2.45, 2.75) is 13.8 Å². The second-order valence-corrected chi connectivity index (χ2v) is 7.15. The first-order valence-electron chi connectivity index (χ1n) is 8.19. The minimum atomic E-state index is -4.76. The largest absolute Gasteiger partial charge is 0.524 e. The van der Waals surface area contributed by atoms with Gasteiger partial charge in [-0.2, -0.15) is 5.10 Å². The van der Waals surface area contributed by atoms with Gasteiger partial charge >= 0.3 is 13.5 Å². The van der Waals surface area contributed by atoms with E-state index in [-0.39, 0.29) is 22.9 Å². The minimum absolute atomic E-state index is 0.139. The van der Waals surface area contributed by atoms with Gasteiger partial charge in [0.1, 0.15) is 11.5 Å². The van der Waals surface area contributed by atoms with Gasteiger partial charge in [-0.3, -0.25) is 9.79 Å². The summed E-state index contributed by atoms with van der Waals surface area (Å²) in [6.07, 6.45) is 3.80. The summed E-state index contributed by atoms with van der Waals surface area (Å²) in [6.45, 7) is 3.84. The lowest BCUT2D eigenvalue weighted by molar-refractivity contribution is 0.283. The molecule has 0 saturated carbocycles. The van der Waals surface area contributed by atoms with Gasteiger partial charge in [-0.1, -0.05) is 18.2 Å². The Balaban J connectivity index is 2.11. The molecular formula is C18H18N3O6P. The number of allylic oxidation sites excluding steroid dienone is 1. The summed E-state index contributed by atoms with van der Waals surface area (Å²) in [5.41, 5.74) is 2.18. The second-order valence-electron chi connectivity index (χ2n) is 5.99. The zero-order chi connectivity index (χ0) is 20.5. The molecule has 0 atom stereocenters. The Morgan fingerprint density at radius 1 is 1.21 bits per heavy atom. The van der Waals surface area contributed by atoms with E-state index in [9.17, 15) is 14.5 Å². The van der Waals surface area contributed by atoms with Gasteiger partial charge in [-0.15, -0.1) is 0 Å². The van der Waals surface area contributed by atoms with Gasteiger partial charge in [0.05, 0.1) is 11.3 Å². The van der Waals surface area contributed by atoms with E-state index in [2.05, 4.69) is 14.7 Å². The van der Waals surface area contributed by atoms with E-state index in [4.69, 9.17) is 9.79 Å². The van der Waals surface area contributed by atoms with Crippen molar-refractivity contribution in [3.63, 3.8) is 0 Å². The molecule has 0 saturated heterocycles. The number of nitrogens with zero attached hydrogens (tertiary/aromatic N) is 2. The number of hydrogen-bond donors (Lipinski definition) is 4. The Labute approximate surface area is 159 Å². The lowest BCUT2D eigenvalue weighted by Gasteiger charge is -2.11. The van der Waals surface area contributed by atoms with Crippen LogP contribution in [0.2, 0.25) is 0 Å². The van der Waals surface area contributed by atoms with Crippen molar-refractivity contribution in [2.75, 3.05) is 0 Å². The predicted molar refractivity (Wildman–Crippen MR) is 103 cm³/mol. The number of phenolic OH excluding ortho intramolecular Hbond substituents is 1. The van der Waals surface area contributed by atoms with Crippen molar-refractivity contribution >= 4 is 13.9 Å². The summed E-state index contributed by atoms with van der Waals surface area (Å²) >= 11 is 0. The van der Waals surface area contributed by atoms with Crippen LogP contribution in [-0.2, 0) is 4.57 Å². The molecule has 0 spiro atoms. The van der Waals surface area contributed by atoms with E-state index in [1.54, 1.807) is 6.07 Å². The molecule has 0 radical (unpaired) electrons. The van der Waals surface area contributed by atoms with Gasteiger partial charge < -0.3 is 9.63 Å². The van der Waals surface area contributed by atoms with Crippen LogP contribution in [0.15, 0.2) is 47.3 Å². The van der Waals surface area contributed by atoms with E-state index in [0.29, 0.717) is 5.69 Å². The van der Waals surface area contributed by atoms with E-state index >= 15 is 0 Å². The molecule has 1 heterocycles. The molecular weight excluding hydrogens is 385 g/mol. The third-order valence-corrected chi connectivity index (χ3v) is 4.42. The average molecular weight is 403 g/mol. The highest BCUT2D eigenvalue weighted by Gasteiger charge is 2.20. The van der Waals surface area contributed by atoms with Crippen LogP contribution in [0.1, 0.15) is 18.1 Å². The molecule has 0 unspecified atom stereocenters. The normalized spacial score (nSPS) is 11.9. The SMILES string of the molecule is C/C=C\c1cc(-n2c(-c3ccc(OP(=O)(O)O)cc3O)n[nH]c2=O)ccc1C. The van der Waals surface area contributed by atoms with Crippen molar-refractivity contribution < 1.29 is 24.0 Å². The molecule has 10 heteroatoms. The van der Waals surface area contributed by atoms with Gasteiger partial charge in [-0.05, 0) is 49.2 Å². The number of phosphoric ester groups is 1. The number of aryl methyl sites for hydroxylation is 1. The third-order valence-electron chi connectivity index (χ3n) is 3.97. The first-order valence-corrected chi connectivity index (χ1v) is 9.72. The number of aromatic hydroxyl groups is 1. The van der Waals surface area contributed by atoms with Crippen LogP contribution in [0.25, 0.3) is 23.2 Å². The molecule has 0 aliphatic heterocycles. The minimum Gasteiger partial charge on any atom is -0.507 e. The summed E-state index contributed by atoms with van der Waals surface area (Å²) in [7, 11) is -4.76. The summed E-state index contributed by atoms with van der Waals surface area (Å²) in [5, 5.41) is 16.6. The number of phenols is 1. The zero-order valence-corrected chi connectivity index (χ0v) is 15.9. The van der Waals surface area contributed by atoms with Crippen molar-refractivity contribution in [3.05, 3.63) is 64.1 Å². The Morgan fingerprint density at radius 2 is 1.96 bits per heavy atom. The van der Waals surface area contributed by atoms with Crippen molar-refractivity contribution in [2.24, 2.45) is 0 Å². The lowest BCUT2D eigenvalue weighted by atomic mass is 10.1. The molecule has 0 bridgehead atoms. The first kappa shape index (κ1) is 19.6. The second kappa shape index (κ2) is 7.47. The molecule has 0 aliphatic rings. The Kier molecular flexibility index (Phi) is 5.24. The molecule has 1 aromatic heterocycles. The van der Waals surface area contributed by atoms with E-state index < -0.39 is 13.5 Å². The highest BCUT2D eigenvalue weighted by atomic mass is 31.2. The molecule has 146 valence electrons. The standard InChI is InChI=1S/C18H18N3O6P/c1-3-4-12-9-13(6-5-11(12)2)21-17(19-20-18(21)23)15-8-7-14(10-16(15)22)27-28(24,25)26/h3-10,22H,1-2H3,(H,20,23)(H2,24,25,26)/b4-3-. The summed E-state index contributed by atoms with van der Waals surface area (Å²) in [6, 6.07) is 9.09. The summed E-state index contributed by atoms with van der Waals surface area (Å²) in [5.74, 6) is -0.433. The maximum atomic E-state index is 12.4. The van der Waals surface area contributed by atoms with Crippen molar-refractivity contribution in [3.8, 4) is 28.6 Å². The Hall–Kier alpha value is -3.13. The zero-order valence-electron chi connectivity index (χ0n) is 15.0. The fourth-order valence-corrected chi connectivity index (χ4v) is 3.13. The predicted octanol–water partition coefficient (Wildman–Crippen LogP) is 2.75. The Morgan fingerprint density at radius 3 is 2.61 bits per heavy atom. The maximum Gasteiger partial charge on any atom is 0.524 e. The van der Waals surface area contributed by atoms with Gasteiger partial charge in [0, 0.05) is 6.07 Å². The van der Waals surface area contributed by atoms with Gasteiger partial charge in [0.15, 0.2) is 5.82 Å².